The van der Waals surface area contributed by atoms with Gasteiger partial charge in [-0.05, 0) is 6.42 Å². The second kappa shape index (κ2) is 8.26. The summed E-state index contributed by atoms with van der Waals surface area (Å²) in [4.78, 5) is 29.4. The molecule has 0 aromatic rings. The van der Waals surface area contributed by atoms with E-state index in [2.05, 4.69) is 4.90 Å². The fraction of sp³-hybridized carbons (Fsp3) is 0.867. The summed E-state index contributed by atoms with van der Waals surface area (Å²) in [5.41, 5.74) is 0. The summed E-state index contributed by atoms with van der Waals surface area (Å²) >= 11 is 0. The third-order valence-electron chi connectivity index (χ3n) is 4.71. The molecule has 138 valence electrons. The summed E-state index contributed by atoms with van der Waals surface area (Å²) < 4.78 is 28.4. The SMILES string of the molecule is CC(=O)N(CCN1CCOCC1)CC(=O)N(C)C1CCS(=O)(=O)C1. The van der Waals surface area contributed by atoms with Crippen LogP contribution in [-0.2, 0) is 24.2 Å². The Bertz CT molecular complexity index is 559. The minimum atomic E-state index is -3.04. The zero-order valence-corrected chi connectivity index (χ0v) is 15.3. The number of rotatable bonds is 6. The largest absolute Gasteiger partial charge is 0.379 e. The first-order valence-corrected chi connectivity index (χ1v) is 10.1. The third-order valence-corrected chi connectivity index (χ3v) is 6.46. The summed E-state index contributed by atoms with van der Waals surface area (Å²) in [6.07, 6.45) is 0.471. The predicted octanol–water partition coefficient (Wildman–Crippen LogP) is -1.19. The molecule has 8 nitrogen and oxygen atoms in total. The Balaban J connectivity index is 1.84. The number of carbonyl (C=O) groups is 2. The summed E-state index contributed by atoms with van der Waals surface area (Å²) in [6.45, 7) is 5.68. The van der Waals surface area contributed by atoms with Gasteiger partial charge in [0.1, 0.15) is 0 Å². The van der Waals surface area contributed by atoms with Gasteiger partial charge in [-0.25, -0.2) is 8.42 Å². The highest BCUT2D eigenvalue weighted by Crippen LogP contribution is 2.16. The minimum absolute atomic E-state index is 0.00722. The molecule has 0 bridgehead atoms. The fourth-order valence-electron chi connectivity index (χ4n) is 2.99. The molecular formula is C15H27N3O5S. The van der Waals surface area contributed by atoms with Crippen LogP contribution in [0.2, 0.25) is 0 Å². The highest BCUT2D eigenvalue weighted by molar-refractivity contribution is 7.91. The zero-order chi connectivity index (χ0) is 17.7. The lowest BCUT2D eigenvalue weighted by atomic mass is 10.2. The van der Waals surface area contributed by atoms with Gasteiger partial charge in [0.05, 0.1) is 31.3 Å². The van der Waals surface area contributed by atoms with Gasteiger partial charge in [-0.2, -0.15) is 0 Å². The molecule has 0 aromatic heterocycles. The van der Waals surface area contributed by atoms with E-state index >= 15 is 0 Å². The van der Waals surface area contributed by atoms with E-state index in [0.29, 0.717) is 32.7 Å². The maximum Gasteiger partial charge on any atom is 0.242 e. The molecule has 2 aliphatic heterocycles. The van der Waals surface area contributed by atoms with Crippen molar-refractivity contribution in [3.05, 3.63) is 0 Å². The van der Waals surface area contributed by atoms with E-state index in [4.69, 9.17) is 4.74 Å². The Labute approximate surface area is 143 Å². The molecule has 24 heavy (non-hydrogen) atoms. The van der Waals surface area contributed by atoms with Gasteiger partial charge in [0.2, 0.25) is 11.8 Å². The summed E-state index contributed by atoms with van der Waals surface area (Å²) in [6, 6.07) is -0.282. The molecule has 2 fully saturated rings. The number of hydrogen-bond acceptors (Lipinski definition) is 6. The molecule has 2 heterocycles. The van der Waals surface area contributed by atoms with Crippen molar-refractivity contribution in [2.75, 3.05) is 64.5 Å². The molecule has 9 heteroatoms. The first-order chi connectivity index (χ1) is 11.3. The van der Waals surface area contributed by atoms with Crippen molar-refractivity contribution >= 4 is 21.7 Å². The van der Waals surface area contributed by atoms with Crippen LogP contribution in [0.15, 0.2) is 0 Å². The average Bonchev–Trinajstić information content (AvgIpc) is 2.91. The highest BCUT2D eigenvalue weighted by atomic mass is 32.2. The van der Waals surface area contributed by atoms with Crippen LogP contribution in [0.4, 0.5) is 0 Å². The van der Waals surface area contributed by atoms with Crippen molar-refractivity contribution < 1.29 is 22.7 Å². The molecule has 0 spiro atoms. The van der Waals surface area contributed by atoms with E-state index in [1.807, 2.05) is 0 Å². The number of nitrogens with zero attached hydrogens (tertiary/aromatic N) is 3. The molecule has 1 unspecified atom stereocenters. The van der Waals surface area contributed by atoms with Gasteiger partial charge in [-0.1, -0.05) is 0 Å². The lowest BCUT2D eigenvalue weighted by molar-refractivity contribution is -0.139. The normalized spacial score (nSPS) is 23.8. The van der Waals surface area contributed by atoms with Crippen LogP contribution in [0.25, 0.3) is 0 Å². The van der Waals surface area contributed by atoms with Gasteiger partial charge in [0.25, 0.3) is 0 Å². The standard InChI is InChI=1S/C15H27N3O5S/c1-13(19)18(5-4-17-6-8-23-9-7-17)11-15(20)16(2)14-3-10-24(21,22)12-14/h14H,3-12H2,1-2H3. The maximum absolute atomic E-state index is 12.4. The zero-order valence-electron chi connectivity index (χ0n) is 14.4. The van der Waals surface area contributed by atoms with E-state index in [1.54, 1.807) is 7.05 Å². The van der Waals surface area contributed by atoms with Gasteiger partial charge in [0.15, 0.2) is 9.84 Å². The number of amides is 2. The Hall–Kier alpha value is -1.19. The first-order valence-electron chi connectivity index (χ1n) is 8.30. The quantitative estimate of drug-likeness (QED) is 0.591. The highest BCUT2D eigenvalue weighted by Gasteiger charge is 2.33. The van der Waals surface area contributed by atoms with Gasteiger partial charge in [0, 0.05) is 46.2 Å². The number of hydrogen-bond donors (Lipinski definition) is 0. The molecule has 0 saturated carbocycles. The van der Waals surface area contributed by atoms with Gasteiger partial charge in [-0.3, -0.25) is 14.5 Å². The second-order valence-electron chi connectivity index (χ2n) is 6.46. The molecule has 2 amide bonds. The molecule has 1 atom stereocenters. The number of likely N-dealkylation sites (N-methyl/N-ethyl adjacent to an activating group) is 1. The van der Waals surface area contributed by atoms with Crippen molar-refractivity contribution in [2.24, 2.45) is 0 Å². The minimum Gasteiger partial charge on any atom is -0.379 e. The Morgan fingerprint density at radius 3 is 2.46 bits per heavy atom. The molecule has 2 aliphatic rings. The number of morpholine rings is 1. The van der Waals surface area contributed by atoms with Crippen LogP contribution in [0.1, 0.15) is 13.3 Å². The van der Waals surface area contributed by atoms with Crippen molar-refractivity contribution in [3.8, 4) is 0 Å². The van der Waals surface area contributed by atoms with Gasteiger partial charge >= 0.3 is 0 Å². The van der Waals surface area contributed by atoms with Crippen LogP contribution in [0, 0.1) is 0 Å². The Kier molecular flexibility index (Phi) is 6.59. The van der Waals surface area contributed by atoms with E-state index in [9.17, 15) is 18.0 Å². The summed E-state index contributed by atoms with van der Waals surface area (Å²) in [7, 11) is -1.42. The van der Waals surface area contributed by atoms with E-state index in [0.717, 1.165) is 13.1 Å². The average molecular weight is 361 g/mol. The first kappa shape index (κ1) is 19.1. The summed E-state index contributed by atoms with van der Waals surface area (Å²) in [5.74, 6) is -0.218. The number of carbonyl (C=O) groups excluding carboxylic acids is 2. The Morgan fingerprint density at radius 1 is 1.25 bits per heavy atom. The molecule has 0 radical (unpaired) electrons. The molecule has 0 N–H and O–H groups in total. The fourth-order valence-corrected chi connectivity index (χ4v) is 4.77. The maximum atomic E-state index is 12.4. The second-order valence-corrected chi connectivity index (χ2v) is 8.68. The number of ether oxygens (including phenoxy) is 1. The van der Waals surface area contributed by atoms with Crippen molar-refractivity contribution in [1.29, 1.82) is 0 Å². The smallest absolute Gasteiger partial charge is 0.242 e. The van der Waals surface area contributed by atoms with Crippen LogP contribution in [0.3, 0.4) is 0 Å². The predicted molar refractivity (Wildman–Crippen MR) is 89.3 cm³/mol. The molecule has 2 rings (SSSR count). The van der Waals surface area contributed by atoms with Crippen molar-refractivity contribution in [3.63, 3.8) is 0 Å². The van der Waals surface area contributed by atoms with Gasteiger partial charge in [-0.15, -0.1) is 0 Å². The van der Waals surface area contributed by atoms with Crippen molar-refractivity contribution in [1.82, 2.24) is 14.7 Å². The van der Waals surface area contributed by atoms with E-state index in [-0.39, 0.29) is 35.9 Å². The van der Waals surface area contributed by atoms with Crippen LogP contribution >= 0.6 is 0 Å². The monoisotopic (exact) mass is 361 g/mol. The molecule has 2 saturated heterocycles. The van der Waals surface area contributed by atoms with E-state index in [1.165, 1.54) is 16.7 Å². The molecule has 0 aromatic carbocycles. The van der Waals surface area contributed by atoms with Crippen LogP contribution in [-0.4, -0.2) is 105 Å². The topological polar surface area (TPSA) is 87.2 Å². The van der Waals surface area contributed by atoms with Gasteiger partial charge < -0.3 is 14.5 Å². The van der Waals surface area contributed by atoms with Crippen molar-refractivity contribution in [2.45, 2.75) is 19.4 Å². The van der Waals surface area contributed by atoms with E-state index < -0.39 is 9.84 Å². The lowest BCUT2D eigenvalue weighted by Gasteiger charge is -2.31. The summed E-state index contributed by atoms with van der Waals surface area (Å²) in [5, 5.41) is 0. The third kappa shape index (κ3) is 5.42. The molecule has 0 aliphatic carbocycles. The van der Waals surface area contributed by atoms with Crippen LogP contribution in [0.5, 0.6) is 0 Å². The lowest BCUT2D eigenvalue weighted by Crippen LogP contribution is -2.48. The van der Waals surface area contributed by atoms with Crippen LogP contribution < -0.4 is 0 Å². The number of sulfone groups is 1. The molecular weight excluding hydrogens is 334 g/mol. The Morgan fingerprint density at radius 2 is 1.92 bits per heavy atom.